The normalized spacial score (nSPS) is 12.4. The highest BCUT2D eigenvalue weighted by Gasteiger charge is 2.06. The highest BCUT2D eigenvalue weighted by atomic mass is 79.9. The molecule has 1 rings (SSSR count). The van der Waals surface area contributed by atoms with Gasteiger partial charge < -0.3 is 4.74 Å². The smallest absolute Gasteiger partial charge is 0.150 e. The molecular formula is C17H25BrO2. The van der Waals surface area contributed by atoms with Gasteiger partial charge in [0.15, 0.2) is 0 Å². The van der Waals surface area contributed by atoms with Crippen molar-refractivity contribution in [1.29, 1.82) is 0 Å². The van der Waals surface area contributed by atoms with Gasteiger partial charge >= 0.3 is 0 Å². The lowest BCUT2D eigenvalue weighted by molar-refractivity contribution is 0.112. The Morgan fingerprint density at radius 2 is 1.95 bits per heavy atom. The van der Waals surface area contributed by atoms with Crippen LogP contribution in [0.4, 0.5) is 0 Å². The van der Waals surface area contributed by atoms with Crippen molar-refractivity contribution in [3.63, 3.8) is 0 Å². The second kappa shape index (κ2) is 9.17. The molecule has 3 heteroatoms. The molecule has 0 N–H and O–H groups in total. The fourth-order valence-electron chi connectivity index (χ4n) is 2.09. The molecular weight excluding hydrogens is 316 g/mol. The molecule has 0 spiro atoms. The molecule has 0 fully saturated rings. The Kier molecular flexibility index (Phi) is 7.90. The Bertz CT molecular complexity index is 415. The molecule has 0 heterocycles. The van der Waals surface area contributed by atoms with Crippen LogP contribution in [0.1, 0.15) is 56.8 Å². The van der Waals surface area contributed by atoms with E-state index in [2.05, 4.69) is 36.7 Å². The van der Waals surface area contributed by atoms with Crippen molar-refractivity contribution < 1.29 is 9.53 Å². The molecule has 0 amide bonds. The van der Waals surface area contributed by atoms with Crippen molar-refractivity contribution in [1.82, 2.24) is 0 Å². The fourth-order valence-corrected chi connectivity index (χ4v) is 2.45. The molecule has 20 heavy (non-hydrogen) atoms. The van der Waals surface area contributed by atoms with Gasteiger partial charge in [0.05, 0.1) is 11.1 Å². The molecule has 1 unspecified atom stereocenters. The van der Waals surface area contributed by atoms with Crippen molar-refractivity contribution in [3.8, 4) is 5.75 Å². The van der Waals surface area contributed by atoms with Gasteiger partial charge in [-0.25, -0.2) is 0 Å². The molecule has 2 nitrogen and oxygen atoms in total. The summed E-state index contributed by atoms with van der Waals surface area (Å²) in [5.41, 5.74) is 0.646. The number of carbonyl (C=O) groups is 1. The zero-order valence-electron chi connectivity index (χ0n) is 12.7. The van der Waals surface area contributed by atoms with Crippen LogP contribution in [0.2, 0.25) is 0 Å². The maximum absolute atomic E-state index is 10.8. The van der Waals surface area contributed by atoms with Gasteiger partial charge in [-0.2, -0.15) is 0 Å². The molecule has 0 saturated heterocycles. The molecule has 0 aliphatic carbocycles. The lowest BCUT2D eigenvalue weighted by Crippen LogP contribution is -2.05. The predicted molar refractivity (Wildman–Crippen MR) is 87.5 cm³/mol. The van der Waals surface area contributed by atoms with Gasteiger partial charge in [-0.15, -0.1) is 0 Å². The topological polar surface area (TPSA) is 26.3 Å². The van der Waals surface area contributed by atoms with Crippen LogP contribution >= 0.6 is 15.9 Å². The maximum Gasteiger partial charge on any atom is 0.150 e. The molecule has 0 aromatic heterocycles. The van der Waals surface area contributed by atoms with Crippen molar-refractivity contribution in [2.75, 3.05) is 6.61 Å². The van der Waals surface area contributed by atoms with E-state index in [0.29, 0.717) is 18.1 Å². The molecule has 0 radical (unpaired) electrons. The first-order chi connectivity index (χ1) is 9.52. The van der Waals surface area contributed by atoms with Crippen molar-refractivity contribution >= 4 is 22.2 Å². The minimum absolute atomic E-state index is 0.646. The summed E-state index contributed by atoms with van der Waals surface area (Å²) in [6, 6.07) is 5.41. The zero-order chi connectivity index (χ0) is 15.0. The van der Waals surface area contributed by atoms with Crippen molar-refractivity contribution in [3.05, 3.63) is 28.2 Å². The SMILES string of the molecule is CC(C)CCCC(C)CCOc1cc(C=O)ccc1Br. The van der Waals surface area contributed by atoms with E-state index in [9.17, 15) is 4.79 Å². The van der Waals surface area contributed by atoms with Gasteiger partial charge in [0, 0.05) is 5.56 Å². The lowest BCUT2D eigenvalue weighted by atomic mass is 9.98. The Morgan fingerprint density at radius 1 is 1.20 bits per heavy atom. The lowest BCUT2D eigenvalue weighted by Gasteiger charge is -2.14. The molecule has 112 valence electrons. The number of rotatable bonds is 9. The fraction of sp³-hybridized carbons (Fsp3) is 0.588. The van der Waals surface area contributed by atoms with Gasteiger partial charge in [0.1, 0.15) is 12.0 Å². The first-order valence-electron chi connectivity index (χ1n) is 7.40. The summed E-state index contributed by atoms with van der Waals surface area (Å²) in [4.78, 5) is 10.8. The Morgan fingerprint density at radius 3 is 2.60 bits per heavy atom. The van der Waals surface area contributed by atoms with Crippen LogP contribution < -0.4 is 4.74 Å². The first kappa shape index (κ1) is 17.2. The zero-order valence-corrected chi connectivity index (χ0v) is 14.3. The van der Waals surface area contributed by atoms with Crippen LogP contribution in [-0.2, 0) is 0 Å². The van der Waals surface area contributed by atoms with E-state index in [0.717, 1.165) is 28.8 Å². The minimum Gasteiger partial charge on any atom is -0.492 e. The van der Waals surface area contributed by atoms with Gasteiger partial charge in [0.25, 0.3) is 0 Å². The number of ether oxygens (including phenoxy) is 1. The second-order valence-corrected chi connectivity index (χ2v) is 6.73. The van der Waals surface area contributed by atoms with Crippen LogP contribution in [0.3, 0.4) is 0 Å². The third kappa shape index (κ3) is 6.56. The van der Waals surface area contributed by atoms with Gasteiger partial charge in [-0.1, -0.05) is 46.1 Å². The summed E-state index contributed by atoms with van der Waals surface area (Å²) in [5.74, 6) is 2.23. The molecule has 1 aromatic carbocycles. The van der Waals surface area contributed by atoms with Gasteiger partial charge in [-0.3, -0.25) is 4.79 Å². The summed E-state index contributed by atoms with van der Waals surface area (Å²) in [6.45, 7) is 7.51. The third-order valence-electron chi connectivity index (χ3n) is 3.44. The first-order valence-corrected chi connectivity index (χ1v) is 8.19. The van der Waals surface area contributed by atoms with Crippen molar-refractivity contribution in [2.24, 2.45) is 11.8 Å². The van der Waals surface area contributed by atoms with Gasteiger partial charge in [-0.05, 0) is 46.3 Å². The van der Waals surface area contributed by atoms with Crippen LogP contribution in [-0.4, -0.2) is 12.9 Å². The second-order valence-electron chi connectivity index (χ2n) is 5.87. The van der Waals surface area contributed by atoms with Crippen LogP contribution in [0.5, 0.6) is 5.75 Å². The Balaban J connectivity index is 2.31. The summed E-state index contributed by atoms with van der Waals surface area (Å²) < 4.78 is 6.67. The average Bonchev–Trinajstić information content (AvgIpc) is 2.40. The largest absolute Gasteiger partial charge is 0.492 e. The molecule has 1 aromatic rings. The number of hydrogen-bond donors (Lipinski definition) is 0. The van der Waals surface area contributed by atoms with E-state index in [-0.39, 0.29) is 0 Å². The summed E-state index contributed by atoms with van der Waals surface area (Å²) >= 11 is 3.44. The standard InChI is InChI=1S/C17H25BrO2/c1-13(2)5-4-6-14(3)9-10-20-17-11-15(12-19)7-8-16(17)18/h7-8,11-14H,4-6,9-10H2,1-3H3. The third-order valence-corrected chi connectivity index (χ3v) is 4.09. The number of hydrogen-bond acceptors (Lipinski definition) is 2. The monoisotopic (exact) mass is 340 g/mol. The molecule has 0 aliphatic rings. The number of carbonyl (C=O) groups excluding carboxylic acids is 1. The number of halogens is 1. The van der Waals surface area contributed by atoms with E-state index in [4.69, 9.17) is 4.74 Å². The summed E-state index contributed by atoms with van der Waals surface area (Å²) in [7, 11) is 0. The minimum atomic E-state index is 0.646. The van der Waals surface area contributed by atoms with E-state index in [1.54, 1.807) is 12.1 Å². The van der Waals surface area contributed by atoms with E-state index < -0.39 is 0 Å². The van der Waals surface area contributed by atoms with Crippen LogP contribution in [0, 0.1) is 11.8 Å². The summed E-state index contributed by atoms with van der Waals surface area (Å²) in [5, 5.41) is 0. The van der Waals surface area contributed by atoms with E-state index in [1.807, 2.05) is 6.07 Å². The van der Waals surface area contributed by atoms with E-state index in [1.165, 1.54) is 19.3 Å². The molecule has 0 aliphatic heterocycles. The average molecular weight is 341 g/mol. The highest BCUT2D eigenvalue weighted by molar-refractivity contribution is 9.10. The maximum atomic E-state index is 10.8. The molecule has 1 atom stereocenters. The van der Waals surface area contributed by atoms with Crippen LogP contribution in [0.15, 0.2) is 22.7 Å². The number of benzene rings is 1. The summed E-state index contributed by atoms with van der Waals surface area (Å²) in [6.07, 6.45) is 5.75. The molecule has 0 saturated carbocycles. The Labute approximate surface area is 131 Å². The van der Waals surface area contributed by atoms with Crippen LogP contribution in [0.25, 0.3) is 0 Å². The predicted octanol–water partition coefficient (Wildman–Crippen LogP) is 5.49. The van der Waals surface area contributed by atoms with Crippen molar-refractivity contribution in [2.45, 2.75) is 46.5 Å². The Hall–Kier alpha value is -0.830. The highest BCUT2D eigenvalue weighted by Crippen LogP contribution is 2.26. The number of aldehydes is 1. The molecule has 0 bridgehead atoms. The quantitative estimate of drug-likeness (QED) is 0.555. The van der Waals surface area contributed by atoms with E-state index >= 15 is 0 Å². The van der Waals surface area contributed by atoms with Gasteiger partial charge in [0.2, 0.25) is 0 Å².